The zero-order valence-electron chi connectivity index (χ0n) is 10.8. The van der Waals surface area contributed by atoms with Gasteiger partial charge in [-0.1, -0.05) is 6.07 Å². The van der Waals surface area contributed by atoms with Crippen LogP contribution in [-0.2, 0) is 4.79 Å². The van der Waals surface area contributed by atoms with Crippen molar-refractivity contribution in [2.24, 2.45) is 0 Å². The lowest BCUT2D eigenvalue weighted by molar-refractivity contribution is -0.129. The lowest BCUT2D eigenvalue weighted by atomic mass is 10.2. The number of carbonyl (C=O) groups excluding carboxylic acids is 2. The third-order valence-corrected chi connectivity index (χ3v) is 3.19. The largest absolute Gasteiger partial charge is 0.508 e. The summed E-state index contributed by atoms with van der Waals surface area (Å²) in [5.74, 6) is -0.125. The molecule has 1 aliphatic rings. The first kappa shape index (κ1) is 13.4. The van der Waals surface area contributed by atoms with Gasteiger partial charge in [0.15, 0.2) is 0 Å². The average Bonchev–Trinajstić information content (AvgIpc) is 2.92. The molecule has 0 spiro atoms. The number of nitrogens with one attached hydrogen (secondary N) is 1. The summed E-state index contributed by atoms with van der Waals surface area (Å²) >= 11 is 0. The highest BCUT2D eigenvalue weighted by Gasteiger charge is 2.17. The molecule has 5 nitrogen and oxygen atoms in total. The van der Waals surface area contributed by atoms with Crippen molar-refractivity contribution in [3.05, 3.63) is 29.8 Å². The SMILES string of the molecule is O=C(NCCC(=O)N1CCCC1)c1cccc(O)c1. The lowest BCUT2D eigenvalue weighted by Gasteiger charge is -2.15. The first-order valence-electron chi connectivity index (χ1n) is 6.52. The molecule has 19 heavy (non-hydrogen) atoms. The quantitative estimate of drug-likeness (QED) is 0.854. The Bertz CT molecular complexity index is 468. The van der Waals surface area contributed by atoms with Gasteiger partial charge in [0.05, 0.1) is 0 Å². The number of phenols is 1. The second-order valence-electron chi connectivity index (χ2n) is 4.64. The molecule has 0 saturated carbocycles. The Labute approximate surface area is 112 Å². The number of hydrogen-bond acceptors (Lipinski definition) is 3. The minimum Gasteiger partial charge on any atom is -0.508 e. The third kappa shape index (κ3) is 3.71. The molecule has 1 fully saturated rings. The summed E-state index contributed by atoms with van der Waals surface area (Å²) in [5.41, 5.74) is 0.397. The smallest absolute Gasteiger partial charge is 0.251 e. The highest BCUT2D eigenvalue weighted by atomic mass is 16.3. The topological polar surface area (TPSA) is 69.6 Å². The van der Waals surface area contributed by atoms with Gasteiger partial charge in [0.2, 0.25) is 5.91 Å². The Morgan fingerprint density at radius 2 is 2.00 bits per heavy atom. The van der Waals surface area contributed by atoms with Crippen LogP contribution in [0, 0.1) is 0 Å². The minimum atomic E-state index is -0.273. The predicted octanol–water partition coefficient (Wildman–Crippen LogP) is 1.13. The summed E-state index contributed by atoms with van der Waals surface area (Å²) in [6.45, 7) is 1.99. The van der Waals surface area contributed by atoms with E-state index < -0.39 is 0 Å². The second kappa shape index (κ2) is 6.22. The molecule has 0 unspecified atom stereocenters. The Balaban J connectivity index is 1.76. The zero-order valence-corrected chi connectivity index (χ0v) is 10.8. The van der Waals surface area contributed by atoms with Crippen molar-refractivity contribution in [1.29, 1.82) is 0 Å². The van der Waals surface area contributed by atoms with Gasteiger partial charge < -0.3 is 15.3 Å². The molecule has 2 N–H and O–H groups in total. The molecule has 1 aromatic carbocycles. The standard InChI is InChI=1S/C14H18N2O3/c17-12-5-3-4-11(10-12)14(19)15-7-6-13(18)16-8-1-2-9-16/h3-5,10,17H,1-2,6-9H2,(H,15,19). The van der Waals surface area contributed by atoms with Crippen molar-refractivity contribution in [3.8, 4) is 5.75 Å². The number of phenolic OH excluding ortho intramolecular Hbond substituents is 1. The fraction of sp³-hybridized carbons (Fsp3) is 0.429. The van der Waals surface area contributed by atoms with E-state index in [0.29, 0.717) is 18.5 Å². The highest BCUT2D eigenvalue weighted by Crippen LogP contribution is 2.11. The summed E-state index contributed by atoms with van der Waals surface area (Å²) in [5, 5.41) is 12.0. The molecule has 1 heterocycles. The van der Waals surface area contributed by atoms with Crippen LogP contribution in [0.1, 0.15) is 29.6 Å². The first-order valence-corrected chi connectivity index (χ1v) is 6.52. The van der Waals surface area contributed by atoms with Crippen LogP contribution in [-0.4, -0.2) is 41.5 Å². The van der Waals surface area contributed by atoms with Crippen LogP contribution in [0.25, 0.3) is 0 Å². The fourth-order valence-electron chi connectivity index (χ4n) is 2.16. The normalized spacial score (nSPS) is 14.4. The maximum Gasteiger partial charge on any atom is 0.251 e. The lowest BCUT2D eigenvalue weighted by Crippen LogP contribution is -2.32. The van der Waals surface area contributed by atoms with Gasteiger partial charge >= 0.3 is 0 Å². The molecule has 0 bridgehead atoms. The van der Waals surface area contributed by atoms with Gasteiger partial charge in [0, 0.05) is 31.6 Å². The van der Waals surface area contributed by atoms with Gasteiger partial charge in [0.1, 0.15) is 5.75 Å². The van der Waals surface area contributed by atoms with Gasteiger partial charge in [-0.15, -0.1) is 0 Å². The van der Waals surface area contributed by atoms with Crippen LogP contribution in [0.2, 0.25) is 0 Å². The van der Waals surface area contributed by atoms with Crippen molar-refractivity contribution < 1.29 is 14.7 Å². The molecule has 0 aliphatic carbocycles. The zero-order chi connectivity index (χ0) is 13.7. The molecule has 102 valence electrons. The Hall–Kier alpha value is -2.04. The van der Waals surface area contributed by atoms with Crippen LogP contribution in [0.3, 0.4) is 0 Å². The van der Waals surface area contributed by atoms with E-state index in [0.717, 1.165) is 25.9 Å². The maximum atomic E-state index is 11.8. The van der Waals surface area contributed by atoms with Gasteiger partial charge in [-0.3, -0.25) is 9.59 Å². The van der Waals surface area contributed by atoms with Crippen LogP contribution < -0.4 is 5.32 Å². The Kier molecular flexibility index (Phi) is 4.39. The van der Waals surface area contributed by atoms with Crippen molar-refractivity contribution in [2.75, 3.05) is 19.6 Å². The number of amides is 2. The summed E-state index contributed by atoms with van der Waals surface area (Å²) in [6.07, 6.45) is 2.47. The van der Waals surface area contributed by atoms with E-state index in [4.69, 9.17) is 0 Å². The molecule has 1 saturated heterocycles. The fourth-order valence-corrected chi connectivity index (χ4v) is 2.16. The van der Waals surface area contributed by atoms with Gasteiger partial charge in [-0.05, 0) is 31.0 Å². The Morgan fingerprint density at radius 1 is 1.26 bits per heavy atom. The molecule has 2 amide bonds. The van der Waals surface area contributed by atoms with Crippen LogP contribution in [0.4, 0.5) is 0 Å². The first-order chi connectivity index (χ1) is 9.16. The molecule has 2 rings (SSSR count). The second-order valence-corrected chi connectivity index (χ2v) is 4.64. The number of benzene rings is 1. The van der Waals surface area contributed by atoms with Crippen LogP contribution in [0.15, 0.2) is 24.3 Å². The third-order valence-electron chi connectivity index (χ3n) is 3.19. The van der Waals surface area contributed by atoms with Crippen LogP contribution >= 0.6 is 0 Å². The number of carbonyl (C=O) groups is 2. The number of likely N-dealkylation sites (tertiary alicyclic amines) is 1. The number of nitrogens with zero attached hydrogens (tertiary/aromatic N) is 1. The monoisotopic (exact) mass is 262 g/mol. The summed E-state index contributed by atoms with van der Waals surface area (Å²) in [6, 6.07) is 6.14. The summed E-state index contributed by atoms with van der Waals surface area (Å²) in [4.78, 5) is 25.3. The van der Waals surface area contributed by atoms with Crippen LogP contribution in [0.5, 0.6) is 5.75 Å². The number of hydrogen-bond donors (Lipinski definition) is 2. The molecule has 0 radical (unpaired) electrons. The van der Waals surface area contributed by atoms with Crippen molar-refractivity contribution in [1.82, 2.24) is 10.2 Å². The molecular formula is C14H18N2O3. The van der Waals surface area contributed by atoms with E-state index in [1.54, 1.807) is 12.1 Å². The number of rotatable bonds is 4. The van der Waals surface area contributed by atoms with Crippen molar-refractivity contribution >= 4 is 11.8 Å². The van der Waals surface area contributed by atoms with Crippen molar-refractivity contribution in [2.45, 2.75) is 19.3 Å². The molecular weight excluding hydrogens is 244 g/mol. The molecule has 1 aliphatic heterocycles. The molecule has 5 heteroatoms. The minimum absolute atomic E-state index is 0.0563. The Morgan fingerprint density at radius 3 is 2.68 bits per heavy atom. The van der Waals surface area contributed by atoms with E-state index in [2.05, 4.69) is 5.32 Å². The van der Waals surface area contributed by atoms with E-state index in [-0.39, 0.29) is 17.6 Å². The maximum absolute atomic E-state index is 11.8. The molecule has 0 atom stereocenters. The van der Waals surface area contributed by atoms with Gasteiger partial charge in [0.25, 0.3) is 5.91 Å². The molecule has 1 aromatic rings. The van der Waals surface area contributed by atoms with Gasteiger partial charge in [-0.2, -0.15) is 0 Å². The van der Waals surface area contributed by atoms with E-state index >= 15 is 0 Å². The highest BCUT2D eigenvalue weighted by molar-refractivity contribution is 5.94. The summed E-state index contributed by atoms with van der Waals surface area (Å²) < 4.78 is 0. The number of aromatic hydroxyl groups is 1. The van der Waals surface area contributed by atoms with Gasteiger partial charge in [-0.25, -0.2) is 0 Å². The average molecular weight is 262 g/mol. The van der Waals surface area contributed by atoms with E-state index in [1.807, 2.05) is 4.90 Å². The van der Waals surface area contributed by atoms with Crippen molar-refractivity contribution in [3.63, 3.8) is 0 Å². The predicted molar refractivity (Wildman–Crippen MR) is 70.9 cm³/mol. The summed E-state index contributed by atoms with van der Waals surface area (Å²) in [7, 11) is 0. The molecule has 0 aromatic heterocycles. The van der Waals surface area contributed by atoms with E-state index in [1.165, 1.54) is 12.1 Å². The van der Waals surface area contributed by atoms with E-state index in [9.17, 15) is 14.7 Å².